The van der Waals surface area contributed by atoms with E-state index in [0.29, 0.717) is 30.6 Å². The molecule has 18 atom stereocenters. The fraction of sp³-hybridized carbons (Fsp3) is 0.941. The van der Waals surface area contributed by atoms with Gasteiger partial charge in [-0.3, -0.25) is 0 Å². The smallest absolute Gasteiger partial charge is 0.192 e. The average Bonchev–Trinajstić information content (AvgIpc) is 3.33. The number of hydrogen-bond donors (Lipinski definition) is 8. The fourth-order valence-electron chi connectivity index (χ4n) is 10.8. The number of fused-ring (bicyclic) bond motifs is 5. The predicted molar refractivity (Wildman–Crippen MR) is 161 cm³/mol. The lowest BCUT2D eigenvalue weighted by Crippen LogP contribution is -2.68. The molecular weight excluding hydrogens is 584 g/mol. The molecule has 2 heterocycles. The molecule has 0 radical (unpaired) electrons. The van der Waals surface area contributed by atoms with Gasteiger partial charge in [0.25, 0.3) is 0 Å². The van der Waals surface area contributed by atoms with Crippen LogP contribution in [-0.4, -0.2) is 114 Å². The summed E-state index contributed by atoms with van der Waals surface area (Å²) in [6, 6.07) is 0. The van der Waals surface area contributed by atoms with Gasteiger partial charge in [-0.05, 0) is 87.4 Å². The zero-order chi connectivity index (χ0) is 32.9. The average molecular weight is 641 g/mol. The minimum absolute atomic E-state index is 0.0132. The van der Waals surface area contributed by atoms with Crippen LogP contribution in [0.3, 0.4) is 0 Å². The van der Waals surface area contributed by atoms with Gasteiger partial charge in [-0.15, -0.1) is 0 Å². The number of aliphatic hydroxyl groups excluding tert-OH is 6. The largest absolute Gasteiger partial charge is 0.394 e. The summed E-state index contributed by atoms with van der Waals surface area (Å²) < 4.78 is 17.9. The minimum Gasteiger partial charge on any atom is -0.394 e. The Kier molecular flexibility index (Phi) is 8.90. The van der Waals surface area contributed by atoms with Gasteiger partial charge in [0.2, 0.25) is 0 Å². The first-order valence-corrected chi connectivity index (χ1v) is 17.1. The van der Waals surface area contributed by atoms with E-state index in [4.69, 9.17) is 14.2 Å². The summed E-state index contributed by atoms with van der Waals surface area (Å²) in [7, 11) is 0. The van der Waals surface area contributed by atoms with Crippen LogP contribution in [0.5, 0.6) is 0 Å². The highest BCUT2D eigenvalue weighted by atomic mass is 16.8. The summed E-state index contributed by atoms with van der Waals surface area (Å²) in [6.07, 6.45) is -1.96. The van der Waals surface area contributed by atoms with Crippen molar-refractivity contribution in [2.75, 3.05) is 6.61 Å². The van der Waals surface area contributed by atoms with Crippen molar-refractivity contribution in [1.82, 2.24) is 0 Å². The van der Waals surface area contributed by atoms with Gasteiger partial charge in [0.1, 0.15) is 30.0 Å². The molecule has 11 nitrogen and oxygen atoms in total. The third kappa shape index (κ3) is 5.19. The van der Waals surface area contributed by atoms with E-state index < -0.39 is 73.1 Å². The predicted octanol–water partition coefficient (Wildman–Crippen LogP) is 0.967. The van der Waals surface area contributed by atoms with Crippen molar-refractivity contribution < 1.29 is 55.1 Å². The van der Waals surface area contributed by atoms with Crippen LogP contribution in [0.2, 0.25) is 0 Å². The van der Waals surface area contributed by atoms with Crippen LogP contribution in [0.15, 0.2) is 11.6 Å². The second-order valence-electron chi connectivity index (χ2n) is 16.3. The molecule has 8 N–H and O–H groups in total. The van der Waals surface area contributed by atoms with E-state index in [1.165, 1.54) is 12.5 Å². The molecule has 3 saturated carbocycles. The molecule has 0 aromatic rings. The molecule has 2 aliphatic heterocycles. The molecule has 0 amide bonds. The third-order valence-corrected chi connectivity index (χ3v) is 14.0. The van der Waals surface area contributed by atoms with E-state index in [1.807, 2.05) is 0 Å². The zero-order valence-corrected chi connectivity index (χ0v) is 27.3. The van der Waals surface area contributed by atoms with Gasteiger partial charge in [-0.1, -0.05) is 32.4 Å². The number of aliphatic hydroxyl groups is 8. The van der Waals surface area contributed by atoms with Crippen LogP contribution in [-0.2, 0) is 14.2 Å². The summed E-state index contributed by atoms with van der Waals surface area (Å²) in [5, 5.41) is 85.4. The molecule has 258 valence electrons. The van der Waals surface area contributed by atoms with E-state index >= 15 is 0 Å². The van der Waals surface area contributed by atoms with Crippen molar-refractivity contribution in [1.29, 1.82) is 0 Å². The number of hydrogen-bond acceptors (Lipinski definition) is 11. The highest BCUT2D eigenvalue weighted by Crippen LogP contribution is 2.67. The van der Waals surface area contributed by atoms with Crippen molar-refractivity contribution >= 4 is 0 Å². The second kappa shape index (κ2) is 11.7. The quantitative estimate of drug-likeness (QED) is 0.200. The molecule has 11 heteroatoms. The van der Waals surface area contributed by atoms with E-state index in [0.717, 1.165) is 32.1 Å². The molecule has 0 unspecified atom stereocenters. The zero-order valence-electron chi connectivity index (χ0n) is 27.3. The van der Waals surface area contributed by atoms with Gasteiger partial charge in [-0.2, -0.15) is 0 Å². The summed E-state index contributed by atoms with van der Waals surface area (Å²) in [4.78, 5) is 0. The minimum atomic E-state index is -1.90. The Labute approximate surface area is 266 Å². The maximum atomic E-state index is 11.6. The van der Waals surface area contributed by atoms with Crippen LogP contribution in [0.25, 0.3) is 0 Å². The summed E-state index contributed by atoms with van der Waals surface area (Å²) in [5.74, 6) is 1.53. The van der Waals surface area contributed by atoms with Crippen molar-refractivity contribution in [3.63, 3.8) is 0 Å². The van der Waals surface area contributed by atoms with Crippen LogP contribution < -0.4 is 0 Å². The van der Waals surface area contributed by atoms with E-state index in [-0.39, 0.29) is 29.1 Å². The molecule has 2 saturated heterocycles. The Hall–Kier alpha value is -0.700. The summed E-state index contributed by atoms with van der Waals surface area (Å²) >= 11 is 0. The Morgan fingerprint density at radius 2 is 1.64 bits per heavy atom. The maximum Gasteiger partial charge on any atom is 0.192 e. The number of rotatable bonds is 5. The van der Waals surface area contributed by atoms with Crippen LogP contribution in [0.1, 0.15) is 86.0 Å². The van der Waals surface area contributed by atoms with E-state index in [1.54, 1.807) is 6.92 Å². The van der Waals surface area contributed by atoms with Crippen LogP contribution in [0, 0.1) is 40.4 Å². The SMILES string of the molecule is C[C@@H]([C@H]1CC[C@@H]2[C@@H]3CC=C4C[C@@H](O)C[C@H](O)[C@]4(C)[C@H]3CC[C@]12C)[C@H]1C[C@@](C)(O)[C@](C)(O)[C@H](O[C@@H]2O[C@H](CO)[C@@H](O)[C@H](O)[C@H]2O)O1. The maximum absolute atomic E-state index is 11.6. The first kappa shape index (κ1) is 34.2. The first-order valence-electron chi connectivity index (χ1n) is 17.1. The van der Waals surface area contributed by atoms with Crippen molar-refractivity contribution in [3.8, 4) is 0 Å². The van der Waals surface area contributed by atoms with Crippen LogP contribution in [0.4, 0.5) is 0 Å². The monoisotopic (exact) mass is 640 g/mol. The van der Waals surface area contributed by atoms with E-state index in [9.17, 15) is 40.9 Å². The molecule has 5 fully saturated rings. The number of allylic oxidation sites excluding steroid dienone is 1. The lowest BCUT2D eigenvalue weighted by atomic mass is 9.46. The lowest BCUT2D eigenvalue weighted by molar-refractivity contribution is -0.398. The topological polar surface area (TPSA) is 190 Å². The molecule has 6 aliphatic rings. The summed E-state index contributed by atoms with van der Waals surface area (Å²) in [5.41, 5.74) is -2.60. The van der Waals surface area contributed by atoms with Gasteiger partial charge in [0, 0.05) is 18.3 Å². The first-order chi connectivity index (χ1) is 21.0. The van der Waals surface area contributed by atoms with Gasteiger partial charge < -0.3 is 55.1 Å². The summed E-state index contributed by atoms with van der Waals surface area (Å²) in [6.45, 7) is 9.07. The molecule has 4 aliphatic carbocycles. The fourth-order valence-corrected chi connectivity index (χ4v) is 10.8. The Morgan fingerprint density at radius 3 is 2.33 bits per heavy atom. The Morgan fingerprint density at radius 1 is 0.933 bits per heavy atom. The second-order valence-corrected chi connectivity index (χ2v) is 16.3. The molecule has 0 aromatic heterocycles. The van der Waals surface area contributed by atoms with Gasteiger partial charge in [0.05, 0.1) is 30.5 Å². The third-order valence-electron chi connectivity index (χ3n) is 14.0. The van der Waals surface area contributed by atoms with Crippen LogP contribution >= 0.6 is 0 Å². The van der Waals surface area contributed by atoms with Gasteiger partial charge >= 0.3 is 0 Å². The molecule has 0 bridgehead atoms. The van der Waals surface area contributed by atoms with Crippen molar-refractivity contribution in [2.24, 2.45) is 40.4 Å². The standard InChI is InChI=1S/C34H56O11/c1-16(23-14-32(3,41)34(5,42)30(44-23)45-29-28(40)27(39)26(38)24(15-35)43-29)20-8-9-21-19-7-6-17-12-18(36)13-25(37)33(17,4)22(19)10-11-31(20,21)2/h6,16,18-30,35-42H,7-15H2,1-5H3/t16-,18+,19-,20+,21+,22-,23+,24+,25-,26+,27-,28+,29-,30-,31+,32+,33-,34+/m0/s1. The molecule has 6 rings (SSSR count). The number of ether oxygens (including phenoxy) is 3. The van der Waals surface area contributed by atoms with Crippen molar-refractivity contribution in [2.45, 2.75) is 152 Å². The van der Waals surface area contributed by atoms with Gasteiger partial charge in [-0.25, -0.2) is 0 Å². The molecule has 0 spiro atoms. The Bertz CT molecular complexity index is 1130. The molecule has 45 heavy (non-hydrogen) atoms. The lowest BCUT2D eigenvalue weighted by Gasteiger charge is -2.60. The van der Waals surface area contributed by atoms with Crippen molar-refractivity contribution in [3.05, 3.63) is 11.6 Å². The van der Waals surface area contributed by atoms with E-state index in [2.05, 4.69) is 26.8 Å². The highest BCUT2D eigenvalue weighted by Gasteiger charge is 2.63. The van der Waals surface area contributed by atoms with Gasteiger partial charge in [0.15, 0.2) is 12.6 Å². The Balaban J connectivity index is 1.21. The highest BCUT2D eigenvalue weighted by molar-refractivity contribution is 5.27. The molecule has 0 aromatic carbocycles. The normalized spacial score (nSPS) is 57.4. The molecular formula is C34H56O11.